The van der Waals surface area contributed by atoms with Crippen molar-refractivity contribution in [2.75, 3.05) is 20.3 Å². The van der Waals surface area contributed by atoms with Gasteiger partial charge in [0.05, 0.1) is 19.1 Å². The fourth-order valence-corrected chi connectivity index (χ4v) is 3.13. The van der Waals surface area contributed by atoms with Gasteiger partial charge < -0.3 is 20.1 Å². The van der Waals surface area contributed by atoms with Gasteiger partial charge in [0.1, 0.15) is 5.75 Å². The zero-order chi connectivity index (χ0) is 23.6. The highest BCUT2D eigenvalue weighted by Gasteiger charge is 2.24. The molecule has 32 heavy (non-hydrogen) atoms. The van der Waals surface area contributed by atoms with Crippen LogP contribution in [0.25, 0.3) is 0 Å². The summed E-state index contributed by atoms with van der Waals surface area (Å²) in [6.07, 6.45) is 1.65. The Labute approximate surface area is 191 Å². The van der Waals surface area contributed by atoms with Crippen molar-refractivity contribution < 1.29 is 19.1 Å². The average molecular weight is 441 g/mol. The van der Waals surface area contributed by atoms with Crippen molar-refractivity contribution in [3.63, 3.8) is 0 Å². The van der Waals surface area contributed by atoms with E-state index < -0.39 is 5.41 Å². The zero-order valence-corrected chi connectivity index (χ0v) is 19.9. The summed E-state index contributed by atoms with van der Waals surface area (Å²) in [6.45, 7) is 8.58. The van der Waals surface area contributed by atoms with Crippen LogP contribution in [0, 0.1) is 18.3 Å². The van der Waals surface area contributed by atoms with Crippen LogP contribution < -0.4 is 15.4 Å². The number of methoxy groups -OCH3 is 1. The van der Waals surface area contributed by atoms with E-state index in [4.69, 9.17) is 9.47 Å². The highest BCUT2D eigenvalue weighted by atomic mass is 16.5. The zero-order valence-electron chi connectivity index (χ0n) is 19.9. The molecule has 0 bridgehead atoms. The van der Waals surface area contributed by atoms with Gasteiger partial charge in [-0.25, -0.2) is 4.79 Å². The van der Waals surface area contributed by atoms with Crippen LogP contribution in [0.15, 0.2) is 48.5 Å². The van der Waals surface area contributed by atoms with Crippen LogP contribution in [0.2, 0.25) is 0 Å². The Hall–Kier alpha value is -3.02. The summed E-state index contributed by atoms with van der Waals surface area (Å²) in [5.74, 6) is 0.582. The first-order valence-electron chi connectivity index (χ1n) is 11.1. The Morgan fingerprint density at radius 3 is 2.38 bits per heavy atom. The van der Waals surface area contributed by atoms with Gasteiger partial charge in [0, 0.05) is 19.0 Å². The monoisotopic (exact) mass is 440 g/mol. The van der Waals surface area contributed by atoms with E-state index in [1.54, 1.807) is 7.11 Å². The molecule has 1 unspecified atom stereocenters. The molecular weight excluding hydrogens is 404 g/mol. The van der Waals surface area contributed by atoms with Gasteiger partial charge in [-0.3, -0.25) is 4.79 Å². The molecule has 0 saturated heterocycles. The van der Waals surface area contributed by atoms with Crippen molar-refractivity contribution >= 4 is 12.0 Å². The Balaban J connectivity index is 1.87. The Morgan fingerprint density at radius 2 is 1.72 bits per heavy atom. The lowest BCUT2D eigenvalue weighted by Gasteiger charge is -2.22. The number of ether oxygens (including phenoxy) is 2. The molecule has 0 aliphatic heterocycles. The summed E-state index contributed by atoms with van der Waals surface area (Å²) in [4.78, 5) is 24.5. The smallest absolute Gasteiger partial charge is 0.315 e. The predicted octanol–water partition coefficient (Wildman–Crippen LogP) is 4.64. The molecule has 2 aromatic carbocycles. The summed E-state index contributed by atoms with van der Waals surface area (Å²) in [6, 6.07) is 15.8. The Kier molecular flexibility index (Phi) is 9.57. The van der Waals surface area contributed by atoms with Crippen molar-refractivity contribution in [2.45, 2.75) is 47.1 Å². The van der Waals surface area contributed by atoms with E-state index in [0.717, 1.165) is 29.7 Å². The molecule has 0 aliphatic carbocycles. The first-order valence-corrected chi connectivity index (χ1v) is 11.1. The minimum absolute atomic E-state index is 0.0201. The van der Waals surface area contributed by atoms with Crippen LogP contribution in [0.3, 0.4) is 0 Å². The van der Waals surface area contributed by atoms with Gasteiger partial charge in [-0.2, -0.15) is 0 Å². The maximum atomic E-state index is 12.4. The Bertz CT molecular complexity index is 875. The normalized spacial score (nSPS) is 12.0. The number of hydrogen-bond donors (Lipinski definition) is 2. The maximum Gasteiger partial charge on any atom is 0.315 e. The minimum Gasteiger partial charge on any atom is -0.496 e. The SMILES string of the molecule is COc1cc(CNC(=O)NCC(CCc2ccccc2)COC(=O)C(C)(C)C)ccc1C. The molecular formula is C26H36N2O4. The molecule has 2 rings (SSSR count). The third-order valence-electron chi connectivity index (χ3n) is 5.22. The summed E-state index contributed by atoms with van der Waals surface area (Å²) in [5.41, 5.74) is 2.68. The average Bonchev–Trinajstić information content (AvgIpc) is 2.77. The quantitative estimate of drug-likeness (QED) is 0.528. The summed E-state index contributed by atoms with van der Waals surface area (Å²) < 4.78 is 10.9. The van der Waals surface area contributed by atoms with Gasteiger partial charge >= 0.3 is 12.0 Å². The highest BCUT2D eigenvalue weighted by Crippen LogP contribution is 2.19. The highest BCUT2D eigenvalue weighted by molar-refractivity contribution is 5.75. The van der Waals surface area contributed by atoms with E-state index in [-0.39, 0.29) is 24.5 Å². The van der Waals surface area contributed by atoms with E-state index in [2.05, 4.69) is 22.8 Å². The third-order valence-corrected chi connectivity index (χ3v) is 5.22. The lowest BCUT2D eigenvalue weighted by Crippen LogP contribution is -2.39. The summed E-state index contributed by atoms with van der Waals surface area (Å²) in [5, 5.41) is 5.79. The predicted molar refractivity (Wildman–Crippen MR) is 127 cm³/mol. The maximum absolute atomic E-state index is 12.4. The summed E-state index contributed by atoms with van der Waals surface area (Å²) in [7, 11) is 1.63. The molecule has 6 heteroatoms. The van der Waals surface area contributed by atoms with Crippen LogP contribution in [0.5, 0.6) is 5.75 Å². The molecule has 0 aromatic heterocycles. The van der Waals surface area contributed by atoms with Gasteiger partial charge in [0.2, 0.25) is 0 Å². The number of nitrogens with one attached hydrogen (secondary N) is 2. The van der Waals surface area contributed by atoms with E-state index >= 15 is 0 Å². The number of carbonyl (C=O) groups is 2. The number of amides is 2. The van der Waals surface area contributed by atoms with E-state index in [9.17, 15) is 9.59 Å². The fraction of sp³-hybridized carbons (Fsp3) is 0.462. The van der Waals surface area contributed by atoms with Gasteiger partial charge in [-0.05, 0) is 63.3 Å². The molecule has 2 N–H and O–H groups in total. The van der Waals surface area contributed by atoms with E-state index in [1.165, 1.54) is 5.56 Å². The van der Waals surface area contributed by atoms with Crippen molar-refractivity contribution in [3.8, 4) is 5.75 Å². The van der Waals surface area contributed by atoms with Crippen LogP contribution >= 0.6 is 0 Å². The van der Waals surface area contributed by atoms with Crippen LogP contribution in [-0.4, -0.2) is 32.3 Å². The largest absolute Gasteiger partial charge is 0.496 e. The number of rotatable bonds is 10. The second-order valence-electron chi connectivity index (χ2n) is 9.11. The summed E-state index contributed by atoms with van der Waals surface area (Å²) >= 11 is 0. The molecule has 6 nitrogen and oxygen atoms in total. The van der Waals surface area contributed by atoms with Crippen LogP contribution in [-0.2, 0) is 22.5 Å². The van der Waals surface area contributed by atoms with Crippen LogP contribution in [0.4, 0.5) is 4.79 Å². The second kappa shape index (κ2) is 12.1. The van der Waals surface area contributed by atoms with E-state index in [0.29, 0.717) is 13.1 Å². The van der Waals surface area contributed by atoms with Crippen molar-refractivity contribution in [1.29, 1.82) is 0 Å². The molecule has 1 atom stereocenters. The molecule has 0 spiro atoms. The van der Waals surface area contributed by atoms with Crippen LogP contribution in [0.1, 0.15) is 43.9 Å². The van der Waals surface area contributed by atoms with Gasteiger partial charge in [0.15, 0.2) is 0 Å². The molecule has 2 aromatic rings. The molecule has 2 amide bonds. The van der Waals surface area contributed by atoms with Crippen molar-refractivity contribution in [3.05, 3.63) is 65.2 Å². The number of aryl methyl sites for hydroxylation is 2. The van der Waals surface area contributed by atoms with Gasteiger partial charge in [-0.15, -0.1) is 0 Å². The molecule has 0 saturated carbocycles. The van der Waals surface area contributed by atoms with E-state index in [1.807, 2.05) is 64.1 Å². The van der Waals surface area contributed by atoms with Crippen molar-refractivity contribution in [2.24, 2.45) is 11.3 Å². The topological polar surface area (TPSA) is 76.7 Å². The first-order chi connectivity index (χ1) is 15.2. The Morgan fingerprint density at radius 1 is 1.00 bits per heavy atom. The fourth-order valence-electron chi connectivity index (χ4n) is 3.13. The third kappa shape index (κ3) is 8.61. The second-order valence-corrected chi connectivity index (χ2v) is 9.11. The lowest BCUT2D eigenvalue weighted by atomic mass is 9.97. The molecule has 174 valence electrons. The number of urea groups is 1. The number of benzene rings is 2. The van der Waals surface area contributed by atoms with Gasteiger partial charge in [-0.1, -0.05) is 42.5 Å². The lowest BCUT2D eigenvalue weighted by molar-refractivity contribution is -0.154. The molecule has 0 fully saturated rings. The molecule has 0 radical (unpaired) electrons. The molecule has 0 heterocycles. The number of carbonyl (C=O) groups excluding carboxylic acids is 2. The number of hydrogen-bond acceptors (Lipinski definition) is 4. The first kappa shape index (κ1) is 25.2. The standard InChI is InChI=1S/C26H36N2O4/c1-19-11-12-21(15-23(19)31-5)16-27-25(30)28-17-22(18-32-24(29)26(2,3)4)14-13-20-9-7-6-8-10-20/h6-12,15,22H,13-14,16-18H2,1-5H3,(H2,27,28,30). The van der Waals surface area contributed by atoms with Gasteiger partial charge in [0.25, 0.3) is 0 Å². The minimum atomic E-state index is -0.552. The number of esters is 1. The molecule has 0 aliphatic rings. The van der Waals surface area contributed by atoms with Crippen molar-refractivity contribution in [1.82, 2.24) is 10.6 Å².